The monoisotopic (exact) mass is 439 g/mol. The average molecular weight is 439 g/mol. The van der Waals surface area contributed by atoms with Gasteiger partial charge < -0.3 is 24.1 Å². The van der Waals surface area contributed by atoms with Crippen LogP contribution in [-0.2, 0) is 28.5 Å². The molecule has 2 fully saturated rings. The van der Waals surface area contributed by atoms with Gasteiger partial charge in [-0.2, -0.15) is 0 Å². The summed E-state index contributed by atoms with van der Waals surface area (Å²) in [6.07, 6.45) is -4.01. The molecular formula is C23H21NO8. The molecule has 2 aliphatic heterocycles. The van der Waals surface area contributed by atoms with Crippen LogP contribution in [0, 0.1) is 0 Å². The zero-order valence-electron chi connectivity index (χ0n) is 17.2. The molecule has 166 valence electrons. The van der Waals surface area contributed by atoms with Crippen molar-refractivity contribution in [3.63, 3.8) is 0 Å². The third-order valence-electron chi connectivity index (χ3n) is 6.15. The highest BCUT2D eigenvalue weighted by molar-refractivity contribution is 5.83. The summed E-state index contributed by atoms with van der Waals surface area (Å²) in [5.74, 6) is -2.16. The van der Waals surface area contributed by atoms with Crippen molar-refractivity contribution in [2.24, 2.45) is 0 Å². The summed E-state index contributed by atoms with van der Waals surface area (Å²) < 4.78 is 21.2. The first kappa shape index (κ1) is 20.5. The number of nitrogens with zero attached hydrogens (tertiary/aromatic N) is 1. The minimum Gasteiger partial charge on any atom is -0.480 e. The highest BCUT2D eigenvalue weighted by Crippen LogP contribution is 2.44. The van der Waals surface area contributed by atoms with E-state index in [-0.39, 0.29) is 19.1 Å². The average Bonchev–Trinajstić information content (AvgIpc) is 3.31. The summed E-state index contributed by atoms with van der Waals surface area (Å²) in [7, 11) is 1.20. The van der Waals surface area contributed by atoms with Gasteiger partial charge in [0.05, 0.1) is 13.7 Å². The molecule has 2 heterocycles. The number of benzene rings is 2. The summed E-state index contributed by atoms with van der Waals surface area (Å²) in [5, 5.41) is 9.67. The van der Waals surface area contributed by atoms with E-state index < -0.39 is 42.6 Å². The van der Waals surface area contributed by atoms with Crippen LogP contribution < -0.4 is 0 Å². The molecule has 3 aliphatic rings. The van der Waals surface area contributed by atoms with E-state index in [1.807, 2.05) is 48.5 Å². The highest BCUT2D eigenvalue weighted by atomic mass is 16.7. The van der Waals surface area contributed by atoms with Gasteiger partial charge in [-0.05, 0) is 22.3 Å². The van der Waals surface area contributed by atoms with Crippen LogP contribution in [0.4, 0.5) is 4.79 Å². The molecule has 1 aliphatic carbocycles. The lowest BCUT2D eigenvalue weighted by atomic mass is 9.98. The minimum absolute atomic E-state index is 0.0488. The fourth-order valence-corrected chi connectivity index (χ4v) is 4.69. The van der Waals surface area contributed by atoms with Crippen LogP contribution in [-0.4, -0.2) is 72.8 Å². The van der Waals surface area contributed by atoms with Gasteiger partial charge in [-0.15, -0.1) is 0 Å². The predicted octanol–water partition coefficient (Wildman–Crippen LogP) is 1.99. The van der Waals surface area contributed by atoms with Crippen LogP contribution in [0.2, 0.25) is 0 Å². The van der Waals surface area contributed by atoms with Crippen molar-refractivity contribution in [1.29, 1.82) is 0 Å². The molecule has 9 nitrogen and oxygen atoms in total. The van der Waals surface area contributed by atoms with Gasteiger partial charge in [-0.3, -0.25) is 4.90 Å². The van der Waals surface area contributed by atoms with Gasteiger partial charge in [0.2, 0.25) is 0 Å². The maximum Gasteiger partial charge on any atom is 0.410 e. The number of amides is 1. The molecule has 4 atom stereocenters. The molecule has 2 bridgehead atoms. The van der Waals surface area contributed by atoms with Gasteiger partial charge in [0, 0.05) is 5.92 Å². The van der Waals surface area contributed by atoms with Crippen LogP contribution in [0.3, 0.4) is 0 Å². The van der Waals surface area contributed by atoms with Crippen molar-refractivity contribution in [3.05, 3.63) is 59.7 Å². The van der Waals surface area contributed by atoms with Crippen LogP contribution in [0.5, 0.6) is 0 Å². The molecule has 32 heavy (non-hydrogen) atoms. The molecule has 2 saturated heterocycles. The molecule has 2 aromatic carbocycles. The van der Waals surface area contributed by atoms with Crippen LogP contribution in [0.1, 0.15) is 17.0 Å². The fourth-order valence-electron chi connectivity index (χ4n) is 4.69. The Kier molecular flexibility index (Phi) is 5.07. The Hall–Kier alpha value is -3.43. The molecule has 0 spiro atoms. The third kappa shape index (κ3) is 3.21. The first-order valence-corrected chi connectivity index (χ1v) is 10.2. The van der Waals surface area contributed by atoms with Crippen molar-refractivity contribution in [2.75, 3.05) is 20.3 Å². The number of esters is 1. The van der Waals surface area contributed by atoms with Crippen molar-refractivity contribution in [2.45, 2.75) is 30.5 Å². The SMILES string of the molecule is COC(=O)[C@@H]1O[C@@H]2O[C@H]1CN(C(=O)OCC1c3ccccc3-c3ccccc31)[C@@H]2C(=O)O. The summed E-state index contributed by atoms with van der Waals surface area (Å²) in [4.78, 5) is 37.8. The topological polar surface area (TPSA) is 112 Å². The Bertz CT molecular complexity index is 1040. The number of rotatable bonds is 4. The number of fused-ring (bicyclic) bond motifs is 5. The molecule has 0 aromatic heterocycles. The number of ether oxygens (including phenoxy) is 4. The molecule has 2 aromatic rings. The lowest BCUT2D eigenvalue weighted by Gasteiger charge is -2.35. The number of carboxylic acid groups (broad SMARTS) is 1. The lowest BCUT2D eigenvalue weighted by molar-refractivity contribution is -0.176. The molecule has 0 unspecified atom stereocenters. The molecule has 5 rings (SSSR count). The van der Waals surface area contributed by atoms with Gasteiger partial charge >= 0.3 is 18.0 Å². The van der Waals surface area contributed by atoms with Crippen molar-refractivity contribution < 1.29 is 38.4 Å². The zero-order chi connectivity index (χ0) is 22.4. The van der Waals surface area contributed by atoms with Crippen molar-refractivity contribution >= 4 is 18.0 Å². The number of morpholine rings is 1. The van der Waals surface area contributed by atoms with Crippen LogP contribution >= 0.6 is 0 Å². The quantitative estimate of drug-likeness (QED) is 0.720. The van der Waals surface area contributed by atoms with Crippen molar-refractivity contribution in [1.82, 2.24) is 4.90 Å². The van der Waals surface area contributed by atoms with Crippen LogP contribution in [0.25, 0.3) is 11.1 Å². The van der Waals surface area contributed by atoms with Crippen LogP contribution in [0.15, 0.2) is 48.5 Å². The number of carbonyl (C=O) groups is 3. The normalized spacial score (nSPS) is 25.7. The Balaban J connectivity index is 1.35. The molecule has 9 heteroatoms. The number of carboxylic acids is 1. The van der Waals surface area contributed by atoms with E-state index in [2.05, 4.69) is 4.74 Å². The highest BCUT2D eigenvalue weighted by Gasteiger charge is 2.55. The second-order valence-electron chi connectivity index (χ2n) is 7.86. The number of aliphatic carboxylic acids is 1. The largest absolute Gasteiger partial charge is 0.480 e. The maximum atomic E-state index is 13.0. The second kappa shape index (κ2) is 7.92. The molecule has 1 amide bonds. The minimum atomic E-state index is -1.43. The van der Waals surface area contributed by atoms with E-state index in [1.54, 1.807) is 0 Å². The molecule has 0 saturated carbocycles. The van der Waals surface area contributed by atoms with E-state index in [0.29, 0.717) is 0 Å². The Morgan fingerprint density at radius 3 is 2.25 bits per heavy atom. The van der Waals surface area contributed by atoms with E-state index in [1.165, 1.54) is 7.11 Å². The first-order chi connectivity index (χ1) is 15.5. The maximum absolute atomic E-state index is 13.0. The second-order valence-corrected chi connectivity index (χ2v) is 7.86. The lowest BCUT2D eigenvalue weighted by Crippen LogP contribution is -2.58. The van der Waals surface area contributed by atoms with E-state index >= 15 is 0 Å². The predicted molar refractivity (Wildman–Crippen MR) is 109 cm³/mol. The number of carbonyl (C=O) groups excluding carboxylic acids is 2. The zero-order valence-corrected chi connectivity index (χ0v) is 17.2. The van der Waals surface area contributed by atoms with Gasteiger partial charge in [0.25, 0.3) is 0 Å². The van der Waals surface area contributed by atoms with Gasteiger partial charge in [-0.1, -0.05) is 48.5 Å². The van der Waals surface area contributed by atoms with E-state index in [4.69, 9.17) is 14.2 Å². The van der Waals surface area contributed by atoms with Crippen molar-refractivity contribution in [3.8, 4) is 11.1 Å². The number of hydrogen-bond acceptors (Lipinski definition) is 7. The summed E-state index contributed by atoms with van der Waals surface area (Å²) in [6.45, 7) is -0.114. The third-order valence-corrected chi connectivity index (χ3v) is 6.15. The molecular weight excluding hydrogens is 418 g/mol. The Morgan fingerprint density at radius 2 is 1.66 bits per heavy atom. The standard InChI is InChI=1S/C23H21NO8/c1-29-21(27)19-17-10-24(18(20(25)26)22(31-17)32-19)23(28)30-11-16-14-8-4-2-6-12(14)13-7-3-5-9-15(13)16/h2-9,16-19,22H,10-11H2,1H3,(H,25,26)/t17-,18+,19+,22-/m0/s1. The fraction of sp³-hybridized carbons (Fsp3) is 0.348. The Labute approximate surface area is 183 Å². The summed E-state index contributed by atoms with van der Waals surface area (Å²) >= 11 is 0. The van der Waals surface area contributed by atoms with E-state index in [0.717, 1.165) is 27.2 Å². The number of methoxy groups -OCH3 is 1. The molecule has 1 N–H and O–H groups in total. The van der Waals surface area contributed by atoms with Gasteiger partial charge in [-0.25, -0.2) is 14.4 Å². The molecule has 0 radical (unpaired) electrons. The first-order valence-electron chi connectivity index (χ1n) is 10.2. The van der Waals surface area contributed by atoms with Gasteiger partial charge in [0.1, 0.15) is 12.7 Å². The smallest absolute Gasteiger partial charge is 0.410 e. The number of hydrogen-bond donors (Lipinski definition) is 1. The summed E-state index contributed by atoms with van der Waals surface area (Å²) in [6, 6.07) is 14.4. The van der Waals surface area contributed by atoms with Gasteiger partial charge in [0.15, 0.2) is 18.4 Å². The summed E-state index contributed by atoms with van der Waals surface area (Å²) in [5.41, 5.74) is 4.28. The van der Waals surface area contributed by atoms with E-state index in [9.17, 15) is 19.5 Å². The Morgan fingerprint density at radius 1 is 1.03 bits per heavy atom.